The maximum absolute atomic E-state index is 12.8. The molecule has 2 N–H and O–H groups in total. The van der Waals surface area contributed by atoms with Gasteiger partial charge in [0.05, 0.1) is 18.7 Å². The van der Waals surface area contributed by atoms with E-state index in [1.54, 1.807) is 24.4 Å². The third-order valence-corrected chi connectivity index (χ3v) is 4.51. The van der Waals surface area contributed by atoms with E-state index < -0.39 is 6.04 Å². The van der Waals surface area contributed by atoms with Crippen LogP contribution in [0, 0.1) is 5.92 Å². The zero-order valence-electron chi connectivity index (χ0n) is 16.2. The molecular formula is C20H25N3O4S. The van der Waals surface area contributed by atoms with Gasteiger partial charge < -0.3 is 10.1 Å². The predicted octanol–water partition coefficient (Wildman–Crippen LogP) is 3.09. The highest BCUT2D eigenvalue weighted by molar-refractivity contribution is 7.13. The summed E-state index contributed by atoms with van der Waals surface area (Å²) in [4.78, 5) is 40.8. The van der Waals surface area contributed by atoms with E-state index in [0.717, 1.165) is 0 Å². The van der Waals surface area contributed by atoms with E-state index in [2.05, 4.69) is 15.6 Å². The lowest BCUT2D eigenvalue weighted by atomic mass is 10.0. The highest BCUT2D eigenvalue weighted by Gasteiger charge is 2.24. The van der Waals surface area contributed by atoms with Crippen molar-refractivity contribution in [2.24, 2.45) is 5.92 Å². The van der Waals surface area contributed by atoms with Gasteiger partial charge in [0.25, 0.3) is 5.91 Å². The fourth-order valence-corrected chi connectivity index (χ4v) is 3.23. The number of esters is 1. The molecule has 0 bridgehead atoms. The number of nitrogens with zero attached hydrogens (tertiary/aromatic N) is 1. The van der Waals surface area contributed by atoms with E-state index in [-0.39, 0.29) is 30.1 Å². The predicted molar refractivity (Wildman–Crippen MR) is 108 cm³/mol. The molecule has 7 nitrogen and oxygen atoms in total. The van der Waals surface area contributed by atoms with Crippen LogP contribution in [0.1, 0.15) is 44.5 Å². The normalized spacial score (nSPS) is 11.7. The van der Waals surface area contributed by atoms with Crippen molar-refractivity contribution in [2.45, 2.75) is 39.7 Å². The molecule has 0 fully saturated rings. The van der Waals surface area contributed by atoms with Crippen LogP contribution in [0.3, 0.4) is 0 Å². The standard InChI is InChI=1S/C20H25N3O4S/c1-4-27-17(25)11-15-12-28-20(21-15)23-19(26)18(14-8-6-5-7-9-14)22-16(24)10-13(2)3/h5-9,12-13,18H,4,10-11H2,1-3H3,(H,22,24)(H,21,23,26). The summed E-state index contributed by atoms with van der Waals surface area (Å²) in [5, 5.41) is 7.58. The molecule has 1 atom stereocenters. The van der Waals surface area contributed by atoms with Crippen molar-refractivity contribution >= 4 is 34.3 Å². The third kappa shape index (κ3) is 6.77. The van der Waals surface area contributed by atoms with Crippen LogP contribution in [0.25, 0.3) is 0 Å². The molecule has 28 heavy (non-hydrogen) atoms. The maximum atomic E-state index is 12.8. The maximum Gasteiger partial charge on any atom is 0.311 e. The topological polar surface area (TPSA) is 97.4 Å². The van der Waals surface area contributed by atoms with Gasteiger partial charge in [0.2, 0.25) is 5.91 Å². The number of benzene rings is 1. The first kappa shape index (κ1) is 21.6. The Labute approximate surface area is 168 Å². The second kappa shape index (κ2) is 10.6. The lowest BCUT2D eigenvalue weighted by Crippen LogP contribution is -2.37. The van der Waals surface area contributed by atoms with Crippen LogP contribution >= 0.6 is 11.3 Å². The van der Waals surface area contributed by atoms with Crippen molar-refractivity contribution in [1.29, 1.82) is 0 Å². The highest BCUT2D eigenvalue weighted by atomic mass is 32.1. The Bertz CT molecular complexity index is 805. The van der Waals surface area contributed by atoms with Crippen molar-refractivity contribution in [3.8, 4) is 0 Å². The fourth-order valence-electron chi connectivity index (χ4n) is 2.52. The number of rotatable bonds is 9. The first-order valence-electron chi connectivity index (χ1n) is 9.14. The zero-order chi connectivity index (χ0) is 20.5. The Morgan fingerprint density at radius 3 is 2.54 bits per heavy atom. The van der Waals surface area contributed by atoms with Crippen molar-refractivity contribution in [2.75, 3.05) is 11.9 Å². The number of nitrogens with one attached hydrogen (secondary N) is 2. The molecule has 0 aliphatic carbocycles. The summed E-state index contributed by atoms with van der Waals surface area (Å²) in [6.07, 6.45) is 0.380. The number of ether oxygens (including phenoxy) is 1. The Kier molecular flexibility index (Phi) is 8.13. The minimum Gasteiger partial charge on any atom is -0.466 e. The molecule has 0 spiro atoms. The molecule has 0 saturated carbocycles. The van der Waals surface area contributed by atoms with Gasteiger partial charge in [-0.05, 0) is 18.4 Å². The molecule has 1 unspecified atom stereocenters. The number of aromatic nitrogens is 1. The summed E-state index contributed by atoms with van der Waals surface area (Å²) in [6, 6.07) is 8.21. The SMILES string of the molecule is CCOC(=O)Cc1csc(NC(=O)C(NC(=O)CC(C)C)c2ccccc2)n1. The molecule has 0 aliphatic rings. The number of anilines is 1. The van der Waals surface area contributed by atoms with Crippen LogP contribution < -0.4 is 10.6 Å². The van der Waals surface area contributed by atoms with Gasteiger partial charge in [-0.1, -0.05) is 44.2 Å². The molecule has 0 saturated heterocycles. The van der Waals surface area contributed by atoms with Crippen molar-refractivity contribution in [1.82, 2.24) is 10.3 Å². The Morgan fingerprint density at radius 2 is 1.89 bits per heavy atom. The second-order valence-electron chi connectivity index (χ2n) is 6.62. The van der Waals surface area contributed by atoms with Gasteiger partial charge >= 0.3 is 5.97 Å². The first-order valence-corrected chi connectivity index (χ1v) is 10.0. The lowest BCUT2D eigenvalue weighted by molar-refractivity contribution is -0.142. The van der Waals surface area contributed by atoms with E-state index in [1.165, 1.54) is 11.3 Å². The Morgan fingerprint density at radius 1 is 1.18 bits per heavy atom. The Hall–Kier alpha value is -2.74. The van der Waals surface area contributed by atoms with Crippen LogP contribution in [-0.4, -0.2) is 29.4 Å². The summed E-state index contributed by atoms with van der Waals surface area (Å²) in [6.45, 7) is 5.93. The minimum atomic E-state index is -0.829. The van der Waals surface area contributed by atoms with Crippen LogP contribution in [0.5, 0.6) is 0 Å². The number of thiazole rings is 1. The molecule has 2 rings (SSSR count). The highest BCUT2D eigenvalue weighted by Crippen LogP contribution is 2.20. The molecule has 0 radical (unpaired) electrons. The monoisotopic (exact) mass is 403 g/mol. The van der Waals surface area contributed by atoms with Crippen LogP contribution in [0.4, 0.5) is 5.13 Å². The molecule has 1 aromatic carbocycles. The largest absolute Gasteiger partial charge is 0.466 e. The Balaban J connectivity index is 2.09. The molecule has 0 aliphatic heterocycles. The van der Waals surface area contributed by atoms with E-state index in [0.29, 0.717) is 29.4 Å². The van der Waals surface area contributed by atoms with Crippen LogP contribution in [-0.2, 0) is 25.5 Å². The molecular weight excluding hydrogens is 378 g/mol. The third-order valence-electron chi connectivity index (χ3n) is 3.71. The first-order chi connectivity index (χ1) is 13.4. The quantitative estimate of drug-likeness (QED) is 0.627. The second-order valence-corrected chi connectivity index (χ2v) is 7.48. The number of hydrogen-bond donors (Lipinski definition) is 2. The summed E-state index contributed by atoms with van der Waals surface area (Å²) in [5.74, 6) is -0.765. The number of carbonyl (C=O) groups is 3. The van der Waals surface area contributed by atoms with Gasteiger partial charge in [-0.3, -0.25) is 19.7 Å². The minimum absolute atomic E-state index is 0.0491. The molecule has 150 valence electrons. The summed E-state index contributed by atoms with van der Waals surface area (Å²) in [7, 11) is 0. The number of hydrogen-bond acceptors (Lipinski definition) is 6. The molecule has 1 heterocycles. The van der Waals surface area contributed by atoms with Gasteiger partial charge in [-0.2, -0.15) is 0 Å². The molecule has 2 aromatic rings. The van der Waals surface area contributed by atoms with Crippen LogP contribution in [0.15, 0.2) is 35.7 Å². The van der Waals surface area contributed by atoms with Gasteiger partial charge in [0.1, 0.15) is 6.04 Å². The molecule has 8 heteroatoms. The van der Waals surface area contributed by atoms with Gasteiger partial charge in [-0.15, -0.1) is 11.3 Å². The van der Waals surface area contributed by atoms with Crippen molar-refractivity contribution in [3.63, 3.8) is 0 Å². The molecule has 1 aromatic heterocycles. The molecule has 2 amide bonds. The average Bonchev–Trinajstić information content (AvgIpc) is 3.06. The lowest BCUT2D eigenvalue weighted by Gasteiger charge is -2.18. The van der Waals surface area contributed by atoms with Crippen LogP contribution in [0.2, 0.25) is 0 Å². The van der Waals surface area contributed by atoms with Gasteiger partial charge in [-0.25, -0.2) is 4.98 Å². The number of amides is 2. The van der Waals surface area contributed by atoms with E-state index >= 15 is 0 Å². The van der Waals surface area contributed by atoms with Crippen molar-refractivity contribution in [3.05, 3.63) is 47.0 Å². The fraction of sp³-hybridized carbons (Fsp3) is 0.400. The van der Waals surface area contributed by atoms with Gasteiger partial charge in [0, 0.05) is 11.8 Å². The summed E-state index contributed by atoms with van der Waals surface area (Å²) >= 11 is 1.22. The van der Waals surface area contributed by atoms with E-state index in [9.17, 15) is 14.4 Å². The smallest absolute Gasteiger partial charge is 0.311 e. The summed E-state index contributed by atoms with van der Waals surface area (Å²) < 4.78 is 4.90. The zero-order valence-corrected chi connectivity index (χ0v) is 17.0. The van der Waals surface area contributed by atoms with E-state index in [1.807, 2.05) is 32.0 Å². The average molecular weight is 404 g/mol. The van der Waals surface area contributed by atoms with Gasteiger partial charge in [0.15, 0.2) is 5.13 Å². The van der Waals surface area contributed by atoms with Crippen molar-refractivity contribution < 1.29 is 19.1 Å². The summed E-state index contributed by atoms with van der Waals surface area (Å²) in [5.41, 5.74) is 1.21. The number of carbonyl (C=O) groups excluding carboxylic acids is 3. The van der Waals surface area contributed by atoms with E-state index in [4.69, 9.17) is 4.74 Å².